The third-order valence-electron chi connectivity index (χ3n) is 18.3. The van der Waals surface area contributed by atoms with Gasteiger partial charge in [0, 0.05) is 25.7 Å². The van der Waals surface area contributed by atoms with Gasteiger partial charge in [-0.3, -0.25) is 37.3 Å². The number of carbonyl (C=O) groups is 4. The summed E-state index contributed by atoms with van der Waals surface area (Å²) in [4.78, 5) is 72.9. The zero-order valence-electron chi connectivity index (χ0n) is 62.7. The summed E-state index contributed by atoms with van der Waals surface area (Å²) in [6.07, 6.45) is 56.7. The normalized spacial score (nSPS) is 14.3. The van der Waals surface area contributed by atoms with E-state index < -0.39 is 97.5 Å². The van der Waals surface area contributed by atoms with Crippen LogP contribution in [0.1, 0.15) is 401 Å². The second-order valence-electron chi connectivity index (χ2n) is 28.5. The number of esters is 4. The smallest absolute Gasteiger partial charge is 0.462 e. The minimum atomic E-state index is -4.96. The largest absolute Gasteiger partial charge is 0.472 e. The molecule has 6 atom stereocenters. The molecule has 0 heterocycles. The van der Waals surface area contributed by atoms with E-state index in [-0.39, 0.29) is 25.7 Å². The average molecular weight is 1410 g/mol. The lowest BCUT2D eigenvalue weighted by molar-refractivity contribution is -0.161. The van der Waals surface area contributed by atoms with E-state index in [1.54, 1.807) is 0 Å². The number of ether oxygens (including phenoxy) is 4. The lowest BCUT2D eigenvalue weighted by Gasteiger charge is -2.21. The Balaban J connectivity index is 5.25. The van der Waals surface area contributed by atoms with Gasteiger partial charge in [-0.2, -0.15) is 0 Å². The van der Waals surface area contributed by atoms with Crippen LogP contribution in [0.2, 0.25) is 0 Å². The van der Waals surface area contributed by atoms with Crippen LogP contribution in [0.4, 0.5) is 0 Å². The van der Waals surface area contributed by atoms with E-state index in [2.05, 4.69) is 41.5 Å². The standard InChI is InChI=1S/C77H150O17P2/c1-7-10-12-14-16-18-20-22-26-30-36-42-48-54-60-75(80)88-65-72(93-76(81)61-55-49-43-37-31-27-24-23-25-28-34-40-46-52-58-70(6)9-3)67-91-95(83,84)89-63-71(78)64-90-96(85,86)92-68-73(94-77(82)62-56-50-44-38-32-33-39-45-51-57-69(4)5)66-87-74(79)59-53-47-41-35-29-21-19-17-15-13-11-8-2/h69-73,78H,7-68H2,1-6H3,(H,83,84)(H,85,86)/t70?,71-,72-,73-/m1/s1. The molecule has 96 heavy (non-hydrogen) atoms. The Bertz CT molecular complexity index is 1860. The average Bonchev–Trinajstić information content (AvgIpc) is 2.99. The van der Waals surface area contributed by atoms with E-state index >= 15 is 0 Å². The predicted molar refractivity (Wildman–Crippen MR) is 391 cm³/mol. The Morgan fingerprint density at radius 3 is 0.792 bits per heavy atom. The van der Waals surface area contributed by atoms with Crippen LogP contribution in [0.15, 0.2) is 0 Å². The number of hydrogen-bond acceptors (Lipinski definition) is 15. The van der Waals surface area contributed by atoms with Gasteiger partial charge >= 0.3 is 39.5 Å². The summed E-state index contributed by atoms with van der Waals surface area (Å²) >= 11 is 0. The number of aliphatic hydroxyl groups excluding tert-OH is 1. The van der Waals surface area contributed by atoms with Crippen molar-refractivity contribution in [1.82, 2.24) is 0 Å². The summed E-state index contributed by atoms with van der Waals surface area (Å²) in [6, 6.07) is 0. The SMILES string of the molecule is CCCCCCCCCCCCCCCCC(=O)OC[C@H](COP(=O)(O)OC[C@@H](O)COP(=O)(O)OC[C@@H](COC(=O)CCCCCCCCCCCCCC)OC(=O)CCCCCCCCCCCC(C)C)OC(=O)CCCCCCCCCCCCCCCCC(C)CC. The molecular formula is C77H150O17P2. The van der Waals surface area contributed by atoms with Crippen molar-refractivity contribution in [1.29, 1.82) is 0 Å². The van der Waals surface area contributed by atoms with Gasteiger partial charge in [0.2, 0.25) is 0 Å². The van der Waals surface area contributed by atoms with E-state index in [0.29, 0.717) is 25.7 Å². The fourth-order valence-corrected chi connectivity index (χ4v) is 13.4. The van der Waals surface area contributed by atoms with Crippen LogP contribution in [-0.4, -0.2) is 96.7 Å². The molecule has 3 N–H and O–H groups in total. The molecule has 0 fully saturated rings. The fourth-order valence-electron chi connectivity index (χ4n) is 11.8. The quantitative estimate of drug-likeness (QED) is 0.0222. The molecule has 17 nitrogen and oxygen atoms in total. The molecule has 0 rings (SSSR count). The van der Waals surface area contributed by atoms with Crippen LogP contribution < -0.4 is 0 Å². The molecule has 570 valence electrons. The third-order valence-corrected chi connectivity index (χ3v) is 20.2. The first-order valence-electron chi connectivity index (χ1n) is 40.0. The van der Waals surface area contributed by atoms with Gasteiger partial charge in [0.1, 0.15) is 19.3 Å². The number of phosphoric ester groups is 2. The molecule has 0 radical (unpaired) electrons. The van der Waals surface area contributed by atoms with E-state index in [4.69, 9.17) is 37.0 Å². The number of unbranched alkanes of at least 4 members (excludes halogenated alkanes) is 45. The molecule has 0 aliphatic rings. The van der Waals surface area contributed by atoms with Gasteiger partial charge in [-0.1, -0.05) is 350 Å². The summed E-state index contributed by atoms with van der Waals surface area (Å²) in [6.45, 7) is 9.64. The number of phosphoric acid groups is 2. The van der Waals surface area contributed by atoms with Crippen molar-refractivity contribution >= 4 is 39.5 Å². The summed E-state index contributed by atoms with van der Waals surface area (Å²) in [5.41, 5.74) is 0. The minimum Gasteiger partial charge on any atom is -0.462 e. The third kappa shape index (κ3) is 69.2. The highest BCUT2D eigenvalue weighted by molar-refractivity contribution is 7.47. The Kier molecular flexibility index (Phi) is 67.4. The van der Waals surface area contributed by atoms with Crippen LogP contribution in [0, 0.1) is 11.8 Å². The molecule has 0 aromatic heterocycles. The maximum absolute atomic E-state index is 13.1. The van der Waals surface area contributed by atoms with Crippen LogP contribution in [0.5, 0.6) is 0 Å². The van der Waals surface area contributed by atoms with Gasteiger partial charge in [-0.25, -0.2) is 9.13 Å². The van der Waals surface area contributed by atoms with Gasteiger partial charge in [0.25, 0.3) is 0 Å². The maximum Gasteiger partial charge on any atom is 0.472 e. The Morgan fingerprint density at radius 1 is 0.302 bits per heavy atom. The first-order chi connectivity index (χ1) is 46.4. The van der Waals surface area contributed by atoms with Crippen molar-refractivity contribution in [2.75, 3.05) is 39.6 Å². The molecule has 3 unspecified atom stereocenters. The van der Waals surface area contributed by atoms with Crippen LogP contribution >= 0.6 is 15.6 Å². The van der Waals surface area contributed by atoms with Crippen LogP contribution in [0.25, 0.3) is 0 Å². The second kappa shape index (κ2) is 68.8. The predicted octanol–water partition coefficient (Wildman–Crippen LogP) is 22.7. The summed E-state index contributed by atoms with van der Waals surface area (Å²) in [7, 11) is -9.91. The molecule has 0 aliphatic heterocycles. The molecule has 0 amide bonds. The molecule has 19 heteroatoms. The Labute approximate surface area is 588 Å². The van der Waals surface area contributed by atoms with Gasteiger partial charge in [0.05, 0.1) is 26.4 Å². The van der Waals surface area contributed by atoms with Crippen molar-refractivity contribution in [3.8, 4) is 0 Å². The lowest BCUT2D eigenvalue weighted by atomic mass is 9.99. The molecule has 0 aromatic carbocycles. The van der Waals surface area contributed by atoms with Gasteiger partial charge < -0.3 is 33.8 Å². The van der Waals surface area contributed by atoms with Gasteiger partial charge in [-0.15, -0.1) is 0 Å². The highest BCUT2D eigenvalue weighted by Crippen LogP contribution is 2.45. The summed E-state index contributed by atoms with van der Waals surface area (Å²) < 4.78 is 68.6. The van der Waals surface area contributed by atoms with Crippen LogP contribution in [0.3, 0.4) is 0 Å². The Morgan fingerprint density at radius 2 is 0.531 bits per heavy atom. The Hall–Kier alpha value is -1.94. The van der Waals surface area contributed by atoms with Crippen molar-refractivity contribution in [2.45, 2.75) is 419 Å². The molecular weight excluding hydrogens is 1260 g/mol. The van der Waals surface area contributed by atoms with Crippen LogP contribution in [-0.2, 0) is 65.4 Å². The van der Waals surface area contributed by atoms with Gasteiger partial charge in [0.15, 0.2) is 12.2 Å². The molecule has 0 aliphatic carbocycles. The van der Waals surface area contributed by atoms with Crippen molar-refractivity contribution in [2.24, 2.45) is 11.8 Å². The molecule has 0 saturated carbocycles. The lowest BCUT2D eigenvalue weighted by Crippen LogP contribution is -2.30. The number of rotatable bonds is 76. The molecule has 0 spiro atoms. The second-order valence-corrected chi connectivity index (χ2v) is 31.4. The zero-order chi connectivity index (χ0) is 70.7. The van der Waals surface area contributed by atoms with E-state index in [1.165, 1.54) is 218 Å². The molecule has 0 aromatic rings. The van der Waals surface area contributed by atoms with E-state index in [1.807, 2.05) is 0 Å². The van der Waals surface area contributed by atoms with Gasteiger partial charge in [-0.05, 0) is 37.5 Å². The summed E-state index contributed by atoms with van der Waals surface area (Å²) in [5.74, 6) is -0.530. The number of carbonyl (C=O) groups excluding carboxylic acids is 4. The first kappa shape index (κ1) is 94.1. The van der Waals surface area contributed by atoms with E-state index in [9.17, 15) is 43.2 Å². The van der Waals surface area contributed by atoms with Crippen molar-refractivity contribution < 1.29 is 80.2 Å². The topological polar surface area (TPSA) is 237 Å². The molecule has 0 bridgehead atoms. The monoisotopic (exact) mass is 1410 g/mol. The number of hydrogen-bond donors (Lipinski definition) is 3. The highest BCUT2D eigenvalue weighted by atomic mass is 31.2. The molecule has 0 saturated heterocycles. The first-order valence-corrected chi connectivity index (χ1v) is 43.0. The van der Waals surface area contributed by atoms with E-state index in [0.717, 1.165) is 102 Å². The highest BCUT2D eigenvalue weighted by Gasteiger charge is 2.30. The fraction of sp³-hybridized carbons (Fsp3) is 0.948. The zero-order valence-corrected chi connectivity index (χ0v) is 64.5. The maximum atomic E-state index is 13.1. The minimum absolute atomic E-state index is 0.106. The number of aliphatic hydroxyl groups is 1. The van der Waals surface area contributed by atoms with Crippen molar-refractivity contribution in [3.05, 3.63) is 0 Å². The summed E-state index contributed by atoms with van der Waals surface area (Å²) in [5, 5.41) is 10.6. The van der Waals surface area contributed by atoms with Crippen molar-refractivity contribution in [3.63, 3.8) is 0 Å².